The zero-order valence-corrected chi connectivity index (χ0v) is 16.6. The minimum Gasteiger partial charge on any atom is -0.493 e. The Morgan fingerprint density at radius 2 is 1.96 bits per heavy atom. The summed E-state index contributed by atoms with van der Waals surface area (Å²) in [4.78, 5) is 6.43. The van der Waals surface area contributed by atoms with Crippen molar-refractivity contribution in [3.05, 3.63) is 46.7 Å². The van der Waals surface area contributed by atoms with Crippen LogP contribution >= 0.6 is 11.6 Å². The molecule has 0 fully saturated rings. The maximum absolute atomic E-state index is 9.47. The van der Waals surface area contributed by atoms with E-state index in [-0.39, 0.29) is 12.5 Å². The lowest BCUT2D eigenvalue weighted by atomic mass is 10.1. The average molecular weight is 391 g/mol. The van der Waals surface area contributed by atoms with Gasteiger partial charge in [-0.15, -0.1) is 0 Å². The Kier molecular flexibility index (Phi) is 5.72. The van der Waals surface area contributed by atoms with Gasteiger partial charge in [0, 0.05) is 37.7 Å². The van der Waals surface area contributed by atoms with Crippen molar-refractivity contribution in [2.24, 2.45) is 0 Å². The summed E-state index contributed by atoms with van der Waals surface area (Å²) in [5, 5.41) is 14.3. The SMILES string of the molecule is COc1ccc(CN(C)c2cc(Cl)nc3c(C(C)CO)cnn23)cc1OC. The van der Waals surface area contributed by atoms with E-state index in [2.05, 4.69) is 10.1 Å². The molecule has 0 spiro atoms. The zero-order valence-electron chi connectivity index (χ0n) is 15.8. The van der Waals surface area contributed by atoms with E-state index in [4.69, 9.17) is 21.1 Å². The molecule has 0 bridgehead atoms. The Morgan fingerprint density at radius 3 is 2.63 bits per heavy atom. The summed E-state index contributed by atoms with van der Waals surface area (Å²) in [6.45, 7) is 2.56. The van der Waals surface area contributed by atoms with Crippen LogP contribution in [0.15, 0.2) is 30.5 Å². The van der Waals surface area contributed by atoms with Crippen LogP contribution in [0.2, 0.25) is 5.15 Å². The van der Waals surface area contributed by atoms with E-state index in [0.717, 1.165) is 16.9 Å². The van der Waals surface area contributed by atoms with Crippen LogP contribution in [0.25, 0.3) is 5.65 Å². The predicted molar refractivity (Wildman–Crippen MR) is 105 cm³/mol. The second-order valence-electron chi connectivity index (χ2n) is 6.40. The molecule has 0 saturated carbocycles. The highest BCUT2D eigenvalue weighted by Crippen LogP contribution is 2.30. The van der Waals surface area contributed by atoms with Crippen LogP contribution in [0.5, 0.6) is 11.5 Å². The van der Waals surface area contributed by atoms with Crippen molar-refractivity contribution < 1.29 is 14.6 Å². The van der Waals surface area contributed by atoms with E-state index >= 15 is 0 Å². The Hall–Kier alpha value is -2.51. The minimum atomic E-state index is -0.0718. The fourth-order valence-corrected chi connectivity index (χ4v) is 3.16. The number of aromatic nitrogens is 3. The molecule has 0 aliphatic rings. The molecule has 0 aliphatic heterocycles. The molecule has 1 atom stereocenters. The fourth-order valence-electron chi connectivity index (χ4n) is 2.99. The lowest BCUT2D eigenvalue weighted by Crippen LogP contribution is -2.20. The number of ether oxygens (including phenoxy) is 2. The number of anilines is 1. The number of benzene rings is 1. The summed E-state index contributed by atoms with van der Waals surface area (Å²) >= 11 is 6.26. The number of aliphatic hydroxyl groups excluding tert-OH is 1. The lowest BCUT2D eigenvalue weighted by Gasteiger charge is -2.21. The monoisotopic (exact) mass is 390 g/mol. The normalized spacial score (nSPS) is 12.2. The van der Waals surface area contributed by atoms with Gasteiger partial charge in [0.05, 0.1) is 20.4 Å². The van der Waals surface area contributed by atoms with E-state index in [1.165, 1.54) is 0 Å². The molecule has 2 aromatic heterocycles. The third kappa shape index (κ3) is 3.79. The van der Waals surface area contributed by atoms with Gasteiger partial charge in [-0.25, -0.2) is 4.98 Å². The zero-order chi connectivity index (χ0) is 19.6. The highest BCUT2D eigenvalue weighted by molar-refractivity contribution is 6.29. The summed E-state index contributed by atoms with van der Waals surface area (Å²) in [5.41, 5.74) is 2.56. The molecule has 2 heterocycles. The maximum Gasteiger partial charge on any atom is 0.162 e. The first-order valence-electron chi connectivity index (χ1n) is 8.55. The van der Waals surface area contributed by atoms with E-state index in [1.807, 2.05) is 37.1 Å². The largest absolute Gasteiger partial charge is 0.493 e. The van der Waals surface area contributed by atoms with Gasteiger partial charge < -0.3 is 19.5 Å². The van der Waals surface area contributed by atoms with Gasteiger partial charge in [-0.2, -0.15) is 9.61 Å². The van der Waals surface area contributed by atoms with Crippen molar-refractivity contribution in [2.75, 3.05) is 32.8 Å². The molecule has 1 unspecified atom stereocenters. The minimum absolute atomic E-state index is 0.0202. The highest BCUT2D eigenvalue weighted by Gasteiger charge is 2.17. The van der Waals surface area contributed by atoms with Crippen molar-refractivity contribution >= 4 is 23.1 Å². The number of rotatable bonds is 7. The summed E-state index contributed by atoms with van der Waals surface area (Å²) in [6, 6.07) is 7.58. The van der Waals surface area contributed by atoms with Gasteiger partial charge in [-0.3, -0.25) is 0 Å². The first-order chi connectivity index (χ1) is 13.0. The molecule has 27 heavy (non-hydrogen) atoms. The highest BCUT2D eigenvalue weighted by atomic mass is 35.5. The van der Waals surface area contributed by atoms with Crippen LogP contribution in [-0.4, -0.2) is 47.6 Å². The molecular weight excluding hydrogens is 368 g/mol. The van der Waals surface area contributed by atoms with Gasteiger partial charge in [0.1, 0.15) is 11.0 Å². The number of hydrogen-bond donors (Lipinski definition) is 1. The number of methoxy groups -OCH3 is 2. The maximum atomic E-state index is 9.47. The summed E-state index contributed by atoms with van der Waals surface area (Å²) in [5.74, 6) is 2.10. The average Bonchev–Trinajstić information content (AvgIpc) is 3.10. The molecular formula is C19H23ClN4O3. The van der Waals surface area contributed by atoms with Gasteiger partial charge in [-0.05, 0) is 17.7 Å². The third-order valence-electron chi connectivity index (χ3n) is 4.51. The number of fused-ring (bicyclic) bond motifs is 1. The van der Waals surface area contributed by atoms with E-state index in [0.29, 0.717) is 28.8 Å². The second-order valence-corrected chi connectivity index (χ2v) is 6.79. The first-order valence-corrected chi connectivity index (χ1v) is 8.93. The Bertz CT molecular complexity index is 944. The van der Waals surface area contributed by atoms with Gasteiger partial charge in [0.2, 0.25) is 0 Å². The van der Waals surface area contributed by atoms with Gasteiger partial charge in [0.25, 0.3) is 0 Å². The van der Waals surface area contributed by atoms with E-state index in [9.17, 15) is 5.11 Å². The van der Waals surface area contributed by atoms with Crippen LogP contribution in [0, 0.1) is 0 Å². The number of hydrogen-bond acceptors (Lipinski definition) is 6. The summed E-state index contributed by atoms with van der Waals surface area (Å²) in [6.07, 6.45) is 1.73. The lowest BCUT2D eigenvalue weighted by molar-refractivity contribution is 0.273. The van der Waals surface area contributed by atoms with Gasteiger partial charge >= 0.3 is 0 Å². The molecule has 7 nitrogen and oxygen atoms in total. The third-order valence-corrected chi connectivity index (χ3v) is 4.71. The Morgan fingerprint density at radius 1 is 1.22 bits per heavy atom. The molecule has 144 valence electrons. The van der Waals surface area contributed by atoms with Crippen LogP contribution in [-0.2, 0) is 6.54 Å². The van der Waals surface area contributed by atoms with Crippen molar-refractivity contribution in [1.29, 1.82) is 0 Å². The molecule has 1 aromatic carbocycles. The molecule has 0 radical (unpaired) electrons. The fraction of sp³-hybridized carbons (Fsp3) is 0.368. The quantitative estimate of drug-likeness (QED) is 0.625. The van der Waals surface area contributed by atoms with Gasteiger partial charge in [-0.1, -0.05) is 24.6 Å². The van der Waals surface area contributed by atoms with Crippen LogP contribution in [0.4, 0.5) is 5.82 Å². The Labute approximate surface area is 163 Å². The van der Waals surface area contributed by atoms with E-state index < -0.39 is 0 Å². The van der Waals surface area contributed by atoms with Crippen molar-refractivity contribution in [3.8, 4) is 11.5 Å². The number of halogens is 1. The summed E-state index contributed by atoms with van der Waals surface area (Å²) < 4.78 is 12.4. The smallest absolute Gasteiger partial charge is 0.162 e. The summed E-state index contributed by atoms with van der Waals surface area (Å²) in [7, 11) is 5.19. The molecule has 1 N–H and O–H groups in total. The molecule has 3 aromatic rings. The molecule has 0 saturated heterocycles. The number of aliphatic hydroxyl groups is 1. The second kappa shape index (κ2) is 8.02. The predicted octanol–water partition coefficient (Wildman–Crippen LogP) is 3.13. The van der Waals surface area contributed by atoms with Gasteiger partial charge in [0.15, 0.2) is 17.1 Å². The first kappa shape index (κ1) is 19.3. The van der Waals surface area contributed by atoms with Crippen LogP contribution in [0.3, 0.4) is 0 Å². The van der Waals surface area contributed by atoms with Crippen LogP contribution in [0.1, 0.15) is 24.0 Å². The molecule has 8 heteroatoms. The molecule has 3 rings (SSSR count). The molecule has 0 amide bonds. The van der Waals surface area contributed by atoms with E-state index in [1.54, 1.807) is 31.0 Å². The number of nitrogens with zero attached hydrogens (tertiary/aromatic N) is 4. The van der Waals surface area contributed by atoms with Crippen molar-refractivity contribution in [3.63, 3.8) is 0 Å². The van der Waals surface area contributed by atoms with Crippen molar-refractivity contribution in [1.82, 2.24) is 14.6 Å². The Balaban J connectivity index is 1.96. The van der Waals surface area contributed by atoms with Crippen molar-refractivity contribution in [2.45, 2.75) is 19.4 Å². The van der Waals surface area contributed by atoms with Crippen LogP contribution < -0.4 is 14.4 Å². The topological polar surface area (TPSA) is 72.1 Å². The molecule has 0 aliphatic carbocycles. The standard InChI is InChI=1S/C19H23ClN4O3/c1-12(11-25)14-9-21-24-18(8-17(20)22-19(14)24)23(2)10-13-5-6-15(26-3)16(7-13)27-4/h5-9,12,25H,10-11H2,1-4H3.